The average Bonchev–Trinajstić information content (AvgIpc) is 2.20. The number of ketones is 1. The summed E-state index contributed by atoms with van der Waals surface area (Å²) in [5.41, 5.74) is -0.0869. The van der Waals surface area contributed by atoms with E-state index in [1.807, 2.05) is 27.7 Å². The zero-order valence-electron chi connectivity index (χ0n) is 10.3. The predicted molar refractivity (Wildman–Crippen MR) is 67.6 cm³/mol. The molecule has 0 fully saturated rings. The van der Waals surface area contributed by atoms with Gasteiger partial charge in [-0.3, -0.25) is 4.79 Å². The van der Waals surface area contributed by atoms with Crippen molar-refractivity contribution in [1.29, 1.82) is 0 Å². The zero-order chi connectivity index (χ0) is 12.8. The summed E-state index contributed by atoms with van der Waals surface area (Å²) in [6, 6.07) is 0. The number of carbonyl (C=O) groups excluding carboxylic acids is 2. The van der Waals surface area contributed by atoms with Gasteiger partial charge >= 0.3 is 5.97 Å². The maximum absolute atomic E-state index is 11.6. The maximum atomic E-state index is 11.6. The van der Waals surface area contributed by atoms with Crippen LogP contribution in [0, 0.1) is 5.41 Å². The lowest BCUT2D eigenvalue weighted by atomic mass is 9.92. The molecule has 0 N–H and O–H groups in total. The Labute approximate surface area is 105 Å². The molecule has 92 valence electrons. The topological polar surface area (TPSA) is 43.4 Å². The van der Waals surface area contributed by atoms with Crippen molar-refractivity contribution in [2.24, 2.45) is 5.41 Å². The van der Waals surface area contributed by atoms with Crippen LogP contribution in [0.2, 0.25) is 0 Å². The Morgan fingerprint density at radius 2 is 1.88 bits per heavy atom. The minimum Gasteiger partial charge on any atom is -0.462 e. The first-order valence-corrected chi connectivity index (χ1v) is 6.43. The van der Waals surface area contributed by atoms with Gasteiger partial charge in [-0.05, 0) is 11.8 Å². The first-order chi connectivity index (χ1) is 7.31. The van der Waals surface area contributed by atoms with E-state index >= 15 is 0 Å². The molecule has 0 radical (unpaired) electrons. The van der Waals surface area contributed by atoms with Crippen molar-refractivity contribution in [3.8, 4) is 0 Å². The Bertz CT molecular complexity index is 287. The summed E-state index contributed by atoms with van der Waals surface area (Å²) in [4.78, 5) is 23.2. The first-order valence-electron chi connectivity index (χ1n) is 5.31. The lowest BCUT2D eigenvalue weighted by Gasteiger charge is -2.14. The van der Waals surface area contributed by atoms with Crippen LogP contribution in [0.5, 0.6) is 0 Å². The number of rotatable bonds is 5. The molecule has 0 saturated carbocycles. The molecule has 4 heteroatoms. The molecule has 0 aromatic carbocycles. The van der Waals surface area contributed by atoms with E-state index < -0.39 is 5.97 Å². The number of alkyl halides is 1. The summed E-state index contributed by atoms with van der Waals surface area (Å²) in [6.07, 6.45) is 2.41. The highest BCUT2D eigenvalue weighted by Crippen LogP contribution is 2.19. The molecule has 0 rings (SSSR count). The Hall–Kier alpha value is -0.640. The summed E-state index contributed by atoms with van der Waals surface area (Å²) in [5, 5.41) is 0.135. The lowest BCUT2D eigenvalue weighted by Crippen LogP contribution is -2.19. The molecule has 0 aliphatic heterocycles. The normalized spacial score (nSPS) is 12.4. The van der Waals surface area contributed by atoms with Crippen LogP contribution in [0.3, 0.4) is 0 Å². The first kappa shape index (κ1) is 15.4. The monoisotopic (exact) mass is 290 g/mol. The largest absolute Gasteiger partial charge is 0.462 e. The molecule has 0 bridgehead atoms. The van der Waals surface area contributed by atoms with Gasteiger partial charge in [0.15, 0.2) is 5.78 Å². The van der Waals surface area contributed by atoms with Crippen LogP contribution in [-0.2, 0) is 14.3 Å². The van der Waals surface area contributed by atoms with Crippen molar-refractivity contribution >= 4 is 27.7 Å². The molecular formula is C12H19BrO3. The summed E-state index contributed by atoms with van der Waals surface area (Å²) in [7, 11) is 0. The standard InChI is InChI=1S/C12H19BrO3/c1-5-6-16-11(15)9(10(14)8-13)7-12(2,3)4/h7H,5-6,8H2,1-4H3/b9-7-. The highest BCUT2D eigenvalue weighted by atomic mass is 79.9. The van der Waals surface area contributed by atoms with Crippen molar-refractivity contribution in [2.45, 2.75) is 34.1 Å². The van der Waals surface area contributed by atoms with Crippen molar-refractivity contribution in [3.63, 3.8) is 0 Å². The average molecular weight is 291 g/mol. The quantitative estimate of drug-likeness (QED) is 0.257. The van der Waals surface area contributed by atoms with Crippen LogP contribution in [0.15, 0.2) is 11.6 Å². The third-order valence-corrected chi connectivity index (χ3v) is 2.17. The molecule has 0 aliphatic rings. The highest BCUT2D eigenvalue weighted by molar-refractivity contribution is 9.09. The molecule has 0 spiro atoms. The Balaban J connectivity index is 4.89. The second-order valence-electron chi connectivity index (χ2n) is 4.62. The van der Waals surface area contributed by atoms with Crippen LogP contribution in [-0.4, -0.2) is 23.7 Å². The fraction of sp³-hybridized carbons (Fsp3) is 0.667. The molecule has 16 heavy (non-hydrogen) atoms. The molecule has 3 nitrogen and oxygen atoms in total. The van der Waals surface area contributed by atoms with Crippen molar-refractivity contribution < 1.29 is 14.3 Å². The predicted octanol–water partition coefficient (Wildman–Crippen LogP) is 2.88. The third-order valence-electron chi connectivity index (χ3n) is 1.66. The fourth-order valence-corrected chi connectivity index (χ4v) is 1.33. The van der Waals surface area contributed by atoms with Crippen LogP contribution in [0.4, 0.5) is 0 Å². The van der Waals surface area contributed by atoms with Gasteiger partial charge in [0.2, 0.25) is 0 Å². The molecule has 0 aromatic rings. The second-order valence-corrected chi connectivity index (χ2v) is 5.18. The molecule has 0 aliphatic carbocycles. The smallest absolute Gasteiger partial charge is 0.341 e. The Morgan fingerprint density at radius 3 is 2.25 bits per heavy atom. The summed E-state index contributed by atoms with van der Waals surface area (Å²) >= 11 is 3.06. The molecule has 0 amide bonds. The molecular weight excluding hydrogens is 272 g/mol. The number of allylic oxidation sites excluding steroid dienone is 1. The van der Waals surface area contributed by atoms with E-state index in [-0.39, 0.29) is 22.1 Å². The SMILES string of the molecule is CCCOC(=O)/C(=C\C(C)(C)C)C(=O)CBr. The minimum absolute atomic E-state index is 0.135. The van der Waals surface area contributed by atoms with E-state index in [0.29, 0.717) is 6.61 Å². The summed E-state index contributed by atoms with van der Waals surface area (Å²) in [6.45, 7) is 8.05. The Kier molecular flexibility index (Phi) is 6.56. The van der Waals surface area contributed by atoms with Gasteiger partial charge in [-0.2, -0.15) is 0 Å². The van der Waals surface area contributed by atoms with Crippen molar-refractivity contribution in [1.82, 2.24) is 0 Å². The number of carbonyl (C=O) groups is 2. The van der Waals surface area contributed by atoms with Crippen molar-refractivity contribution in [2.75, 3.05) is 11.9 Å². The lowest BCUT2D eigenvalue weighted by molar-refractivity contribution is -0.140. The van der Waals surface area contributed by atoms with E-state index in [1.165, 1.54) is 0 Å². The van der Waals surface area contributed by atoms with Gasteiger partial charge in [0.05, 0.1) is 11.9 Å². The van der Waals surface area contributed by atoms with Crippen LogP contribution < -0.4 is 0 Å². The summed E-state index contributed by atoms with van der Waals surface area (Å²) < 4.78 is 4.97. The molecule has 0 unspecified atom stereocenters. The minimum atomic E-state index is -0.527. The van der Waals surface area contributed by atoms with Crippen LogP contribution >= 0.6 is 15.9 Å². The van der Waals surface area contributed by atoms with Gasteiger partial charge in [0.25, 0.3) is 0 Å². The number of ether oxygens (including phenoxy) is 1. The van der Waals surface area contributed by atoms with Gasteiger partial charge in [-0.15, -0.1) is 0 Å². The van der Waals surface area contributed by atoms with Crippen LogP contribution in [0.25, 0.3) is 0 Å². The van der Waals surface area contributed by atoms with E-state index in [0.717, 1.165) is 6.42 Å². The third kappa shape index (κ3) is 6.05. The number of esters is 1. The number of halogens is 1. The Morgan fingerprint density at radius 1 is 1.31 bits per heavy atom. The molecule has 0 heterocycles. The van der Waals surface area contributed by atoms with Gasteiger partial charge in [-0.1, -0.05) is 49.7 Å². The number of hydrogen-bond acceptors (Lipinski definition) is 3. The second kappa shape index (κ2) is 6.84. The van der Waals surface area contributed by atoms with Crippen molar-refractivity contribution in [3.05, 3.63) is 11.6 Å². The van der Waals surface area contributed by atoms with E-state index in [1.54, 1.807) is 6.08 Å². The maximum Gasteiger partial charge on any atom is 0.341 e. The van der Waals surface area contributed by atoms with Gasteiger partial charge in [0, 0.05) is 0 Å². The van der Waals surface area contributed by atoms with Gasteiger partial charge in [-0.25, -0.2) is 4.79 Å². The fourth-order valence-electron chi connectivity index (χ4n) is 1.03. The molecule has 0 saturated heterocycles. The van der Waals surface area contributed by atoms with E-state index in [2.05, 4.69) is 15.9 Å². The summed E-state index contributed by atoms with van der Waals surface area (Å²) in [5.74, 6) is -0.766. The number of hydrogen-bond donors (Lipinski definition) is 0. The van der Waals surface area contributed by atoms with E-state index in [9.17, 15) is 9.59 Å². The number of Topliss-reactive ketones (excluding diaryl/α,β-unsaturated/α-hetero) is 1. The zero-order valence-corrected chi connectivity index (χ0v) is 11.9. The van der Waals surface area contributed by atoms with E-state index in [4.69, 9.17) is 4.74 Å². The molecule has 0 atom stereocenters. The van der Waals surface area contributed by atoms with Gasteiger partial charge < -0.3 is 4.74 Å². The highest BCUT2D eigenvalue weighted by Gasteiger charge is 2.21. The van der Waals surface area contributed by atoms with Crippen LogP contribution in [0.1, 0.15) is 34.1 Å². The van der Waals surface area contributed by atoms with Gasteiger partial charge in [0.1, 0.15) is 5.57 Å². The molecule has 0 aromatic heterocycles.